The Hall–Kier alpha value is -2.84. The van der Waals surface area contributed by atoms with E-state index in [1.54, 1.807) is 32.7 Å². The molecular weight excluding hydrogens is 390 g/mol. The second-order valence-electron chi connectivity index (χ2n) is 6.81. The summed E-state index contributed by atoms with van der Waals surface area (Å²) in [5.41, 5.74) is 2.60. The van der Waals surface area contributed by atoms with Crippen LogP contribution >= 0.6 is 11.3 Å². The highest BCUT2D eigenvalue weighted by Gasteiger charge is 2.23. The van der Waals surface area contributed by atoms with Gasteiger partial charge in [0.1, 0.15) is 0 Å². The molecule has 1 aromatic carbocycles. The van der Waals surface area contributed by atoms with Crippen LogP contribution in [-0.2, 0) is 19.5 Å². The minimum absolute atomic E-state index is 0.0620. The van der Waals surface area contributed by atoms with Crippen molar-refractivity contribution in [2.24, 2.45) is 0 Å². The summed E-state index contributed by atoms with van der Waals surface area (Å²) in [7, 11) is 4.80. The molecule has 0 aliphatic carbocycles. The third-order valence-corrected chi connectivity index (χ3v) is 5.91. The number of aromatic nitrogens is 2. The zero-order valence-corrected chi connectivity index (χ0v) is 17.5. The molecule has 8 heteroatoms. The third kappa shape index (κ3) is 3.86. The lowest BCUT2D eigenvalue weighted by molar-refractivity contribution is 0.240. The lowest BCUT2D eigenvalue weighted by Crippen LogP contribution is -2.35. The van der Waals surface area contributed by atoms with E-state index in [1.807, 2.05) is 29.6 Å². The molecule has 1 aliphatic rings. The number of benzene rings is 1. The van der Waals surface area contributed by atoms with Crippen LogP contribution in [0.1, 0.15) is 16.8 Å². The van der Waals surface area contributed by atoms with Gasteiger partial charge in [-0.25, -0.2) is 4.98 Å². The number of H-pyrrole nitrogens is 1. The monoisotopic (exact) mass is 413 g/mol. The van der Waals surface area contributed by atoms with Crippen LogP contribution in [-0.4, -0.2) is 42.7 Å². The van der Waals surface area contributed by atoms with E-state index in [9.17, 15) is 4.79 Å². The van der Waals surface area contributed by atoms with Gasteiger partial charge in [0.15, 0.2) is 17.3 Å². The predicted molar refractivity (Wildman–Crippen MR) is 112 cm³/mol. The van der Waals surface area contributed by atoms with Gasteiger partial charge >= 0.3 is 0 Å². The van der Waals surface area contributed by atoms with Crippen LogP contribution in [0.3, 0.4) is 0 Å². The zero-order valence-electron chi connectivity index (χ0n) is 16.7. The second-order valence-corrected chi connectivity index (χ2v) is 7.76. The summed E-state index contributed by atoms with van der Waals surface area (Å²) >= 11 is 1.57. The number of thiophene rings is 1. The number of ether oxygens (including phenoxy) is 3. The van der Waals surface area contributed by atoms with Crippen LogP contribution in [0.25, 0.3) is 10.7 Å². The lowest BCUT2D eigenvalue weighted by Gasteiger charge is -2.28. The molecule has 2 aromatic heterocycles. The Labute approximate surface area is 172 Å². The molecule has 0 bridgehead atoms. The number of aromatic amines is 1. The SMILES string of the molecule is COc1cc(CN2CCc3nc(-c4cccs4)[nH]c(=O)c3C2)cc(OC)c1OC. The molecule has 1 N–H and O–H groups in total. The number of nitrogens with zero attached hydrogens (tertiary/aromatic N) is 2. The highest BCUT2D eigenvalue weighted by atomic mass is 32.1. The van der Waals surface area contributed by atoms with E-state index >= 15 is 0 Å². The van der Waals surface area contributed by atoms with E-state index in [0.717, 1.165) is 34.7 Å². The summed E-state index contributed by atoms with van der Waals surface area (Å²) in [5, 5.41) is 1.98. The van der Waals surface area contributed by atoms with E-state index in [-0.39, 0.29) is 5.56 Å². The first-order valence-corrected chi connectivity index (χ1v) is 10.2. The largest absolute Gasteiger partial charge is 0.493 e. The first-order valence-electron chi connectivity index (χ1n) is 9.30. The molecule has 0 radical (unpaired) electrons. The maximum absolute atomic E-state index is 12.7. The van der Waals surface area contributed by atoms with Gasteiger partial charge in [-0.15, -0.1) is 11.3 Å². The standard InChI is InChI=1S/C21H23N3O4S/c1-26-16-9-13(10-17(27-2)19(16)28-3)11-24-7-6-15-14(12-24)21(25)23-20(22-15)18-5-4-8-29-18/h4-5,8-10H,6-7,11-12H2,1-3H3,(H,22,23,25). The van der Waals surface area contributed by atoms with Crippen LogP contribution in [0, 0.1) is 0 Å². The van der Waals surface area contributed by atoms with Crippen molar-refractivity contribution in [2.45, 2.75) is 19.5 Å². The van der Waals surface area contributed by atoms with Gasteiger partial charge in [-0.3, -0.25) is 9.69 Å². The zero-order chi connectivity index (χ0) is 20.4. The predicted octanol–water partition coefficient (Wildman–Crippen LogP) is 3.08. The minimum Gasteiger partial charge on any atom is -0.493 e. The van der Waals surface area contributed by atoms with E-state index in [0.29, 0.717) is 36.2 Å². The van der Waals surface area contributed by atoms with Crippen molar-refractivity contribution in [3.63, 3.8) is 0 Å². The Morgan fingerprint density at radius 1 is 1.17 bits per heavy atom. The summed E-state index contributed by atoms with van der Waals surface area (Å²) < 4.78 is 16.3. The molecule has 29 heavy (non-hydrogen) atoms. The first kappa shape index (κ1) is 19.5. The van der Waals surface area contributed by atoms with Gasteiger partial charge in [-0.1, -0.05) is 6.07 Å². The molecule has 0 saturated heterocycles. The molecular formula is C21H23N3O4S. The van der Waals surface area contributed by atoms with E-state index < -0.39 is 0 Å². The van der Waals surface area contributed by atoms with Crippen molar-refractivity contribution in [3.8, 4) is 28.0 Å². The Balaban J connectivity index is 1.57. The van der Waals surface area contributed by atoms with Crippen molar-refractivity contribution in [1.82, 2.24) is 14.9 Å². The van der Waals surface area contributed by atoms with Gasteiger partial charge in [0.25, 0.3) is 5.56 Å². The molecule has 0 amide bonds. The summed E-state index contributed by atoms with van der Waals surface area (Å²) in [6.07, 6.45) is 0.738. The van der Waals surface area contributed by atoms with Crippen molar-refractivity contribution < 1.29 is 14.2 Å². The number of fused-ring (bicyclic) bond motifs is 1. The van der Waals surface area contributed by atoms with Crippen molar-refractivity contribution in [2.75, 3.05) is 27.9 Å². The van der Waals surface area contributed by atoms with Gasteiger partial charge in [0.05, 0.1) is 37.5 Å². The van der Waals surface area contributed by atoms with Crippen LogP contribution < -0.4 is 19.8 Å². The molecule has 4 rings (SSSR count). The molecule has 0 saturated carbocycles. The topological polar surface area (TPSA) is 76.7 Å². The van der Waals surface area contributed by atoms with Gasteiger partial charge in [0, 0.05) is 26.1 Å². The Kier molecular flexibility index (Phi) is 5.55. The number of methoxy groups -OCH3 is 3. The Morgan fingerprint density at radius 2 is 1.93 bits per heavy atom. The van der Waals surface area contributed by atoms with Crippen LogP contribution in [0.5, 0.6) is 17.2 Å². The summed E-state index contributed by atoms with van der Waals surface area (Å²) in [6.45, 7) is 2.05. The Morgan fingerprint density at radius 3 is 2.55 bits per heavy atom. The van der Waals surface area contributed by atoms with E-state index in [2.05, 4.69) is 9.88 Å². The third-order valence-electron chi connectivity index (χ3n) is 5.03. The molecule has 0 fully saturated rings. The molecule has 0 spiro atoms. The summed E-state index contributed by atoms with van der Waals surface area (Å²) in [6, 6.07) is 7.81. The summed E-state index contributed by atoms with van der Waals surface area (Å²) in [4.78, 5) is 23.5. The van der Waals surface area contributed by atoms with E-state index in [1.165, 1.54) is 0 Å². The molecule has 3 aromatic rings. The molecule has 3 heterocycles. The average Bonchev–Trinajstić information content (AvgIpc) is 3.28. The fraction of sp³-hybridized carbons (Fsp3) is 0.333. The van der Waals surface area contributed by atoms with Crippen molar-refractivity contribution in [3.05, 3.63) is 56.8 Å². The minimum atomic E-state index is -0.0620. The highest BCUT2D eigenvalue weighted by Crippen LogP contribution is 2.38. The number of nitrogens with one attached hydrogen (secondary N) is 1. The van der Waals surface area contributed by atoms with Gasteiger partial charge in [-0.05, 0) is 29.1 Å². The molecule has 1 aliphatic heterocycles. The maximum atomic E-state index is 12.7. The molecule has 0 atom stereocenters. The van der Waals surface area contributed by atoms with Crippen molar-refractivity contribution >= 4 is 11.3 Å². The number of rotatable bonds is 6. The van der Waals surface area contributed by atoms with Crippen molar-refractivity contribution in [1.29, 1.82) is 0 Å². The fourth-order valence-corrected chi connectivity index (χ4v) is 4.30. The quantitative estimate of drug-likeness (QED) is 0.669. The first-order chi connectivity index (χ1) is 14.1. The fourth-order valence-electron chi connectivity index (χ4n) is 3.63. The smallest absolute Gasteiger partial charge is 0.255 e. The van der Waals surface area contributed by atoms with Gasteiger partial charge in [0.2, 0.25) is 5.75 Å². The van der Waals surface area contributed by atoms with Crippen LogP contribution in [0.2, 0.25) is 0 Å². The Bertz CT molecular complexity index is 1040. The average molecular weight is 413 g/mol. The summed E-state index contributed by atoms with van der Waals surface area (Å²) in [5.74, 6) is 2.48. The molecule has 152 valence electrons. The highest BCUT2D eigenvalue weighted by molar-refractivity contribution is 7.13. The molecule has 7 nitrogen and oxygen atoms in total. The maximum Gasteiger partial charge on any atom is 0.255 e. The van der Waals surface area contributed by atoms with Gasteiger partial charge in [-0.2, -0.15) is 0 Å². The van der Waals surface area contributed by atoms with Crippen LogP contribution in [0.15, 0.2) is 34.4 Å². The lowest BCUT2D eigenvalue weighted by atomic mass is 10.1. The number of hydrogen-bond donors (Lipinski definition) is 1. The van der Waals surface area contributed by atoms with Crippen LogP contribution in [0.4, 0.5) is 0 Å². The molecule has 0 unspecified atom stereocenters. The second kappa shape index (κ2) is 8.26. The van der Waals surface area contributed by atoms with E-state index in [4.69, 9.17) is 19.2 Å². The number of hydrogen-bond acceptors (Lipinski definition) is 7. The van der Waals surface area contributed by atoms with Gasteiger partial charge < -0.3 is 19.2 Å². The normalized spacial score (nSPS) is 13.8.